The second-order valence-corrected chi connectivity index (χ2v) is 8.10. The smallest absolute Gasteiger partial charge is 0.221 e. The SMILES string of the molecule is CC.CC(=O)Nc1cc(C)ccc1-c1cc(C=O)n(C(C)CN(C)Cc2ccc(C#N)cc2)n1. The number of carbonyl (C=O) groups excluding carboxylic acids is 2. The maximum absolute atomic E-state index is 11.8. The summed E-state index contributed by atoms with van der Waals surface area (Å²) in [5.41, 5.74) is 5.32. The van der Waals surface area contributed by atoms with E-state index in [1.54, 1.807) is 10.7 Å². The van der Waals surface area contributed by atoms with Crippen LogP contribution in [0.3, 0.4) is 0 Å². The number of nitrogens with one attached hydrogen (secondary N) is 1. The van der Waals surface area contributed by atoms with Gasteiger partial charge in [-0.1, -0.05) is 38.1 Å². The first kappa shape index (κ1) is 26.5. The summed E-state index contributed by atoms with van der Waals surface area (Å²) in [5, 5.41) is 16.5. The molecule has 3 aromatic rings. The molecule has 0 fully saturated rings. The molecule has 0 aliphatic heterocycles. The Bertz CT molecular complexity index is 1160. The first-order valence-corrected chi connectivity index (χ1v) is 11.4. The zero-order valence-electron chi connectivity index (χ0n) is 20.8. The van der Waals surface area contributed by atoms with Gasteiger partial charge in [-0.15, -0.1) is 0 Å². The van der Waals surface area contributed by atoms with Gasteiger partial charge in [0.05, 0.1) is 29.1 Å². The lowest BCUT2D eigenvalue weighted by molar-refractivity contribution is -0.114. The van der Waals surface area contributed by atoms with E-state index >= 15 is 0 Å². The Labute approximate surface area is 202 Å². The molecule has 1 heterocycles. The van der Waals surface area contributed by atoms with E-state index < -0.39 is 0 Å². The van der Waals surface area contributed by atoms with Crippen molar-refractivity contribution in [1.82, 2.24) is 14.7 Å². The molecule has 0 aliphatic carbocycles. The molecule has 0 radical (unpaired) electrons. The molecule has 1 unspecified atom stereocenters. The first-order chi connectivity index (χ1) is 16.3. The molecule has 0 aliphatic rings. The van der Waals surface area contributed by atoms with E-state index in [1.807, 2.05) is 77.2 Å². The van der Waals surface area contributed by atoms with Crippen LogP contribution in [-0.2, 0) is 11.3 Å². The van der Waals surface area contributed by atoms with Crippen LogP contribution < -0.4 is 5.32 Å². The minimum Gasteiger partial charge on any atom is -0.326 e. The van der Waals surface area contributed by atoms with Gasteiger partial charge in [0, 0.05) is 25.6 Å². The van der Waals surface area contributed by atoms with E-state index in [4.69, 9.17) is 10.4 Å². The zero-order chi connectivity index (χ0) is 25.3. The molecule has 1 amide bonds. The van der Waals surface area contributed by atoms with Crippen LogP contribution in [0.15, 0.2) is 48.5 Å². The van der Waals surface area contributed by atoms with Gasteiger partial charge in [-0.3, -0.25) is 14.3 Å². The average molecular weight is 460 g/mol. The highest BCUT2D eigenvalue weighted by atomic mass is 16.1. The lowest BCUT2D eigenvalue weighted by Gasteiger charge is -2.22. The normalized spacial score (nSPS) is 11.2. The number of hydrogen-bond donors (Lipinski definition) is 1. The van der Waals surface area contributed by atoms with Gasteiger partial charge in [-0.05, 0) is 56.3 Å². The summed E-state index contributed by atoms with van der Waals surface area (Å²) >= 11 is 0. The summed E-state index contributed by atoms with van der Waals surface area (Å²) in [6, 6.07) is 17.1. The highest BCUT2D eigenvalue weighted by Crippen LogP contribution is 2.29. The molecule has 3 rings (SSSR count). The van der Waals surface area contributed by atoms with Gasteiger partial charge in [-0.25, -0.2) is 0 Å². The van der Waals surface area contributed by atoms with Crippen molar-refractivity contribution in [3.63, 3.8) is 0 Å². The summed E-state index contributed by atoms with van der Waals surface area (Å²) < 4.78 is 1.73. The van der Waals surface area contributed by atoms with Crippen LogP contribution in [-0.4, -0.2) is 40.5 Å². The third-order valence-electron chi connectivity index (χ3n) is 5.18. The number of carbonyl (C=O) groups is 2. The van der Waals surface area contributed by atoms with Gasteiger partial charge < -0.3 is 10.2 Å². The predicted octanol–water partition coefficient (Wildman–Crippen LogP) is 5.22. The van der Waals surface area contributed by atoms with Crippen LogP contribution in [0.4, 0.5) is 5.69 Å². The van der Waals surface area contributed by atoms with Crippen molar-refractivity contribution in [3.8, 4) is 17.3 Å². The second-order valence-electron chi connectivity index (χ2n) is 8.10. The van der Waals surface area contributed by atoms with Crippen LogP contribution >= 0.6 is 0 Å². The summed E-state index contributed by atoms with van der Waals surface area (Å²) in [5.74, 6) is -0.162. The van der Waals surface area contributed by atoms with E-state index in [0.29, 0.717) is 35.7 Å². The molecule has 0 bridgehead atoms. The van der Waals surface area contributed by atoms with Crippen molar-refractivity contribution in [2.24, 2.45) is 0 Å². The van der Waals surface area contributed by atoms with Gasteiger partial charge in [0.1, 0.15) is 5.69 Å². The largest absolute Gasteiger partial charge is 0.326 e. The zero-order valence-corrected chi connectivity index (χ0v) is 20.8. The number of benzene rings is 2. The molecule has 34 heavy (non-hydrogen) atoms. The molecule has 1 N–H and O–H groups in total. The van der Waals surface area contributed by atoms with Gasteiger partial charge in [0.2, 0.25) is 5.91 Å². The molecule has 1 aromatic heterocycles. The monoisotopic (exact) mass is 459 g/mol. The van der Waals surface area contributed by atoms with Crippen molar-refractivity contribution in [3.05, 3.63) is 70.9 Å². The van der Waals surface area contributed by atoms with E-state index in [9.17, 15) is 9.59 Å². The first-order valence-electron chi connectivity index (χ1n) is 11.4. The molecule has 2 aromatic carbocycles. The number of nitriles is 1. The Morgan fingerprint density at radius 3 is 2.47 bits per heavy atom. The molecule has 0 saturated heterocycles. The fourth-order valence-corrected chi connectivity index (χ4v) is 3.75. The topological polar surface area (TPSA) is 91.0 Å². The molecule has 178 valence electrons. The standard InChI is InChI=1S/C25H27N5O2.C2H6/c1-17-5-10-23(24(11-17)27-19(3)32)25-12-22(16-31)30(28-25)18(2)14-29(4)15-21-8-6-20(13-26)7-9-21;1-2/h5-12,16,18H,14-15H2,1-4H3,(H,27,32);1-2H3. The second kappa shape index (κ2) is 12.5. The number of aromatic nitrogens is 2. The van der Waals surface area contributed by atoms with Gasteiger partial charge in [-0.2, -0.15) is 10.4 Å². The number of aryl methyl sites for hydroxylation is 1. The summed E-state index contributed by atoms with van der Waals surface area (Å²) in [6.07, 6.45) is 0.805. The summed E-state index contributed by atoms with van der Waals surface area (Å²) in [6.45, 7) is 10.8. The van der Waals surface area contributed by atoms with Crippen molar-refractivity contribution >= 4 is 17.9 Å². The quantitative estimate of drug-likeness (QED) is 0.466. The number of likely N-dealkylation sites (N-methyl/N-ethyl adjacent to an activating group) is 1. The van der Waals surface area contributed by atoms with E-state index in [0.717, 1.165) is 23.0 Å². The fraction of sp³-hybridized carbons (Fsp3) is 0.333. The average Bonchev–Trinajstić information content (AvgIpc) is 3.25. The molecule has 0 spiro atoms. The highest BCUT2D eigenvalue weighted by molar-refractivity contribution is 5.94. The molecule has 7 nitrogen and oxygen atoms in total. The Morgan fingerprint density at radius 1 is 1.21 bits per heavy atom. The van der Waals surface area contributed by atoms with Crippen LogP contribution in [0, 0.1) is 18.3 Å². The van der Waals surface area contributed by atoms with E-state index in [1.165, 1.54) is 6.92 Å². The number of nitrogens with zero attached hydrogens (tertiary/aromatic N) is 4. The lowest BCUT2D eigenvalue weighted by Crippen LogP contribution is -2.27. The highest BCUT2D eigenvalue weighted by Gasteiger charge is 2.18. The molecular weight excluding hydrogens is 426 g/mol. The van der Waals surface area contributed by atoms with E-state index in [2.05, 4.69) is 16.3 Å². The Balaban J connectivity index is 0.00000199. The maximum Gasteiger partial charge on any atom is 0.221 e. The predicted molar refractivity (Wildman–Crippen MR) is 136 cm³/mol. The lowest BCUT2D eigenvalue weighted by atomic mass is 10.1. The number of anilines is 1. The number of amides is 1. The number of rotatable bonds is 8. The third-order valence-corrected chi connectivity index (χ3v) is 5.18. The van der Waals surface area contributed by atoms with Crippen molar-refractivity contribution in [2.75, 3.05) is 18.9 Å². The van der Waals surface area contributed by atoms with Crippen LogP contribution in [0.2, 0.25) is 0 Å². The van der Waals surface area contributed by atoms with Crippen LogP contribution in [0.25, 0.3) is 11.3 Å². The van der Waals surface area contributed by atoms with Crippen molar-refractivity contribution in [1.29, 1.82) is 5.26 Å². The molecule has 7 heteroatoms. The Hall–Kier alpha value is -3.76. The van der Waals surface area contributed by atoms with Crippen LogP contribution in [0.5, 0.6) is 0 Å². The van der Waals surface area contributed by atoms with Crippen LogP contribution in [0.1, 0.15) is 60.9 Å². The molecule has 1 atom stereocenters. The Morgan fingerprint density at radius 2 is 1.88 bits per heavy atom. The molecular formula is C27H33N5O2. The fourth-order valence-electron chi connectivity index (χ4n) is 3.75. The van der Waals surface area contributed by atoms with E-state index in [-0.39, 0.29) is 11.9 Å². The van der Waals surface area contributed by atoms with Gasteiger partial charge in [0.25, 0.3) is 0 Å². The minimum atomic E-state index is -0.162. The van der Waals surface area contributed by atoms with Crippen molar-refractivity contribution < 1.29 is 9.59 Å². The molecule has 0 saturated carbocycles. The maximum atomic E-state index is 11.8. The number of hydrogen-bond acceptors (Lipinski definition) is 5. The minimum absolute atomic E-state index is 0.0537. The Kier molecular flexibility index (Phi) is 9.72. The third kappa shape index (κ3) is 6.87. The van der Waals surface area contributed by atoms with Crippen molar-refractivity contribution in [2.45, 2.75) is 47.2 Å². The summed E-state index contributed by atoms with van der Waals surface area (Å²) in [7, 11) is 2.01. The van der Waals surface area contributed by atoms with Gasteiger partial charge in [0.15, 0.2) is 6.29 Å². The number of aldehydes is 1. The van der Waals surface area contributed by atoms with Gasteiger partial charge >= 0.3 is 0 Å². The summed E-state index contributed by atoms with van der Waals surface area (Å²) in [4.78, 5) is 25.5.